The maximum atomic E-state index is 4.50. The van der Waals surface area contributed by atoms with E-state index in [1.54, 1.807) is 6.20 Å². The number of anilines is 3. The minimum absolute atomic E-state index is 0.562. The molecule has 0 fully saturated rings. The van der Waals surface area contributed by atoms with Gasteiger partial charge in [0.1, 0.15) is 5.82 Å². The maximum absolute atomic E-state index is 4.50. The Morgan fingerprint density at radius 3 is 2.61 bits per heavy atom. The molecule has 2 aromatic carbocycles. The maximum Gasteiger partial charge on any atom is 0.229 e. The molecule has 0 saturated carbocycles. The number of aromatic nitrogens is 2. The Balaban J connectivity index is 1.70. The van der Waals surface area contributed by atoms with Crippen molar-refractivity contribution in [2.75, 3.05) is 10.6 Å². The van der Waals surface area contributed by atoms with Gasteiger partial charge in [-0.15, -0.1) is 0 Å². The molecule has 2 N–H and O–H groups in total. The fraction of sp³-hybridized carbons (Fsp3) is 0.111. The van der Waals surface area contributed by atoms with E-state index < -0.39 is 0 Å². The molecule has 0 amide bonds. The molecule has 23 heavy (non-hydrogen) atoms. The molecule has 0 radical (unpaired) electrons. The molecule has 116 valence electrons. The van der Waals surface area contributed by atoms with Crippen molar-refractivity contribution in [3.05, 3.63) is 76.4 Å². The van der Waals surface area contributed by atoms with Crippen LogP contribution < -0.4 is 10.6 Å². The average molecular weight is 369 g/mol. The first-order valence-electron chi connectivity index (χ1n) is 7.35. The fourth-order valence-electron chi connectivity index (χ4n) is 2.19. The third-order valence-corrected chi connectivity index (χ3v) is 4.19. The van der Waals surface area contributed by atoms with Crippen molar-refractivity contribution in [1.82, 2.24) is 9.97 Å². The van der Waals surface area contributed by atoms with E-state index in [1.807, 2.05) is 42.5 Å². The Bertz CT molecular complexity index is 804. The molecular formula is C18H17BrN4. The number of halogens is 1. The van der Waals surface area contributed by atoms with E-state index in [1.165, 1.54) is 11.1 Å². The Labute approximate surface area is 144 Å². The van der Waals surface area contributed by atoms with Gasteiger partial charge in [0.05, 0.1) is 5.69 Å². The third-order valence-electron chi connectivity index (χ3n) is 3.50. The van der Waals surface area contributed by atoms with Crippen molar-refractivity contribution in [3.8, 4) is 0 Å². The van der Waals surface area contributed by atoms with Crippen LogP contribution in [0.25, 0.3) is 0 Å². The first-order valence-corrected chi connectivity index (χ1v) is 8.14. The summed E-state index contributed by atoms with van der Waals surface area (Å²) in [5.41, 5.74) is 3.45. The van der Waals surface area contributed by atoms with Crippen LogP contribution in [0, 0.1) is 6.92 Å². The highest BCUT2D eigenvalue weighted by Crippen LogP contribution is 2.24. The summed E-state index contributed by atoms with van der Waals surface area (Å²) in [6.07, 6.45) is 1.74. The standard InChI is InChI=1S/C18H17BrN4/c1-13-6-2-3-7-14(13)12-21-17-10-11-20-18(23-17)22-16-9-5-4-8-15(16)19/h2-11H,12H2,1H3,(H2,20,21,22,23). The van der Waals surface area contributed by atoms with Crippen molar-refractivity contribution in [2.24, 2.45) is 0 Å². The highest BCUT2D eigenvalue weighted by atomic mass is 79.9. The summed E-state index contributed by atoms with van der Waals surface area (Å²) in [6, 6.07) is 18.1. The normalized spacial score (nSPS) is 10.3. The average Bonchev–Trinajstić information content (AvgIpc) is 2.57. The lowest BCUT2D eigenvalue weighted by Crippen LogP contribution is -2.05. The largest absolute Gasteiger partial charge is 0.366 e. The van der Waals surface area contributed by atoms with Gasteiger partial charge in [0.2, 0.25) is 5.95 Å². The number of aryl methyl sites for hydroxylation is 1. The minimum atomic E-state index is 0.562. The Hall–Kier alpha value is -2.40. The predicted molar refractivity (Wildman–Crippen MR) is 98.0 cm³/mol. The lowest BCUT2D eigenvalue weighted by molar-refractivity contribution is 1.07. The molecule has 1 heterocycles. The van der Waals surface area contributed by atoms with Crippen LogP contribution in [0.3, 0.4) is 0 Å². The van der Waals surface area contributed by atoms with Gasteiger partial charge in [-0.1, -0.05) is 36.4 Å². The lowest BCUT2D eigenvalue weighted by atomic mass is 10.1. The number of hydrogen-bond acceptors (Lipinski definition) is 4. The van der Waals surface area contributed by atoms with Gasteiger partial charge in [0.25, 0.3) is 0 Å². The fourth-order valence-corrected chi connectivity index (χ4v) is 2.58. The van der Waals surface area contributed by atoms with E-state index in [9.17, 15) is 0 Å². The number of benzene rings is 2. The molecule has 0 unspecified atom stereocenters. The van der Waals surface area contributed by atoms with Crippen LogP contribution in [-0.2, 0) is 6.54 Å². The molecule has 3 aromatic rings. The predicted octanol–water partition coefficient (Wildman–Crippen LogP) is 4.90. The molecule has 0 atom stereocenters. The molecule has 0 saturated heterocycles. The topological polar surface area (TPSA) is 49.8 Å². The monoisotopic (exact) mass is 368 g/mol. The number of rotatable bonds is 5. The van der Waals surface area contributed by atoms with E-state index in [-0.39, 0.29) is 0 Å². The third kappa shape index (κ3) is 4.07. The molecule has 5 heteroatoms. The van der Waals surface area contributed by atoms with Crippen LogP contribution in [0.5, 0.6) is 0 Å². The van der Waals surface area contributed by atoms with Gasteiger partial charge in [0.15, 0.2) is 0 Å². The second-order valence-corrected chi connectivity index (χ2v) is 6.00. The zero-order chi connectivity index (χ0) is 16.1. The summed E-state index contributed by atoms with van der Waals surface area (Å²) >= 11 is 3.51. The zero-order valence-electron chi connectivity index (χ0n) is 12.8. The highest BCUT2D eigenvalue weighted by molar-refractivity contribution is 9.10. The number of nitrogens with one attached hydrogen (secondary N) is 2. The van der Waals surface area contributed by atoms with Crippen molar-refractivity contribution in [2.45, 2.75) is 13.5 Å². The van der Waals surface area contributed by atoms with E-state index in [0.717, 1.165) is 22.5 Å². The van der Waals surface area contributed by atoms with Gasteiger partial charge in [-0.3, -0.25) is 0 Å². The Kier molecular flexibility index (Phi) is 4.88. The number of hydrogen-bond donors (Lipinski definition) is 2. The SMILES string of the molecule is Cc1ccccc1CNc1ccnc(Nc2ccccc2Br)n1. The van der Waals surface area contributed by atoms with Crippen LogP contribution in [0.2, 0.25) is 0 Å². The Morgan fingerprint density at radius 2 is 1.78 bits per heavy atom. The molecule has 4 nitrogen and oxygen atoms in total. The van der Waals surface area contributed by atoms with Crippen molar-refractivity contribution >= 4 is 33.4 Å². The van der Waals surface area contributed by atoms with E-state index in [2.05, 4.69) is 55.6 Å². The number of para-hydroxylation sites is 1. The summed E-state index contributed by atoms with van der Waals surface area (Å²) < 4.78 is 0.974. The van der Waals surface area contributed by atoms with Gasteiger partial charge in [0, 0.05) is 17.2 Å². The van der Waals surface area contributed by atoms with Crippen LogP contribution in [0.4, 0.5) is 17.5 Å². The molecule has 3 rings (SSSR count). The first-order chi connectivity index (χ1) is 11.2. The van der Waals surface area contributed by atoms with Crippen LogP contribution in [0.1, 0.15) is 11.1 Å². The smallest absolute Gasteiger partial charge is 0.229 e. The van der Waals surface area contributed by atoms with Crippen molar-refractivity contribution in [1.29, 1.82) is 0 Å². The molecule has 0 bridgehead atoms. The van der Waals surface area contributed by atoms with Crippen molar-refractivity contribution in [3.63, 3.8) is 0 Å². The van der Waals surface area contributed by atoms with E-state index in [4.69, 9.17) is 0 Å². The zero-order valence-corrected chi connectivity index (χ0v) is 14.3. The van der Waals surface area contributed by atoms with Gasteiger partial charge < -0.3 is 10.6 Å². The molecule has 0 aliphatic carbocycles. The lowest BCUT2D eigenvalue weighted by Gasteiger charge is -2.10. The van der Waals surface area contributed by atoms with Crippen molar-refractivity contribution < 1.29 is 0 Å². The quantitative estimate of drug-likeness (QED) is 0.672. The first kappa shape index (κ1) is 15.5. The molecular weight excluding hydrogens is 352 g/mol. The summed E-state index contributed by atoms with van der Waals surface area (Å²) in [5.74, 6) is 1.35. The van der Waals surface area contributed by atoms with Gasteiger partial charge in [-0.05, 0) is 52.2 Å². The number of nitrogens with zero attached hydrogens (tertiary/aromatic N) is 2. The molecule has 1 aromatic heterocycles. The molecule has 0 spiro atoms. The van der Waals surface area contributed by atoms with Gasteiger partial charge >= 0.3 is 0 Å². The van der Waals surface area contributed by atoms with Crippen LogP contribution >= 0.6 is 15.9 Å². The summed E-state index contributed by atoms with van der Waals surface area (Å²) in [5, 5.41) is 6.55. The highest BCUT2D eigenvalue weighted by Gasteiger charge is 2.03. The summed E-state index contributed by atoms with van der Waals surface area (Å²) in [4.78, 5) is 8.76. The van der Waals surface area contributed by atoms with Gasteiger partial charge in [-0.2, -0.15) is 4.98 Å². The van der Waals surface area contributed by atoms with Crippen LogP contribution in [0.15, 0.2) is 65.3 Å². The second-order valence-electron chi connectivity index (χ2n) is 5.15. The van der Waals surface area contributed by atoms with E-state index in [0.29, 0.717) is 5.95 Å². The Morgan fingerprint density at radius 1 is 1.00 bits per heavy atom. The van der Waals surface area contributed by atoms with Crippen LogP contribution in [-0.4, -0.2) is 9.97 Å². The molecule has 0 aliphatic heterocycles. The second kappa shape index (κ2) is 7.24. The summed E-state index contributed by atoms with van der Waals surface area (Å²) in [7, 11) is 0. The van der Waals surface area contributed by atoms with E-state index >= 15 is 0 Å². The minimum Gasteiger partial charge on any atom is -0.366 e. The summed E-state index contributed by atoms with van der Waals surface area (Å²) in [6.45, 7) is 2.84. The molecule has 0 aliphatic rings. The van der Waals surface area contributed by atoms with Gasteiger partial charge in [-0.25, -0.2) is 4.98 Å².